The van der Waals surface area contributed by atoms with Gasteiger partial charge in [0.25, 0.3) is 11.2 Å². The Balaban J connectivity index is 1.51. The van der Waals surface area contributed by atoms with Crippen molar-refractivity contribution in [3.63, 3.8) is 0 Å². The zero-order chi connectivity index (χ0) is 33.1. The van der Waals surface area contributed by atoms with Crippen molar-refractivity contribution in [3.8, 4) is 5.75 Å². The summed E-state index contributed by atoms with van der Waals surface area (Å²) >= 11 is 8.33. The molecule has 5 aromatic rings. The van der Waals surface area contributed by atoms with Crippen LogP contribution in [0.4, 0.5) is 5.69 Å². The Labute approximate surface area is 289 Å². The van der Waals surface area contributed by atoms with Crippen LogP contribution in [0.25, 0.3) is 11.8 Å². The first-order valence-corrected chi connectivity index (χ1v) is 16.8. The quantitative estimate of drug-likeness (QED) is 0.0911. The predicted octanol–water partition coefficient (Wildman–Crippen LogP) is 6.95. The summed E-state index contributed by atoms with van der Waals surface area (Å²) in [6, 6.07) is 27.8. The molecule has 1 atom stereocenters. The Morgan fingerprint density at radius 1 is 1.02 bits per heavy atom. The van der Waals surface area contributed by atoms with Crippen LogP contribution in [0.1, 0.15) is 35.2 Å². The molecule has 0 bridgehead atoms. The maximum absolute atomic E-state index is 14.3. The van der Waals surface area contributed by atoms with E-state index in [2.05, 4.69) is 31.9 Å². The van der Waals surface area contributed by atoms with E-state index < -0.39 is 16.9 Å². The minimum Gasteiger partial charge on any atom is -0.487 e. The van der Waals surface area contributed by atoms with Gasteiger partial charge in [-0.05, 0) is 64.3 Å². The Bertz CT molecular complexity index is 2200. The lowest BCUT2D eigenvalue weighted by molar-refractivity contribution is -0.384. The van der Waals surface area contributed by atoms with Gasteiger partial charge in [-0.1, -0.05) is 87.9 Å². The van der Waals surface area contributed by atoms with Gasteiger partial charge in [0, 0.05) is 27.7 Å². The second-order valence-electron chi connectivity index (χ2n) is 10.4. The van der Waals surface area contributed by atoms with Crippen LogP contribution in [0.5, 0.6) is 5.75 Å². The van der Waals surface area contributed by atoms with Crippen LogP contribution < -0.4 is 19.6 Å². The number of thiazole rings is 1. The third-order valence-corrected chi connectivity index (χ3v) is 9.37. The lowest BCUT2D eigenvalue weighted by Crippen LogP contribution is -2.40. The van der Waals surface area contributed by atoms with E-state index in [9.17, 15) is 19.7 Å². The zero-order valence-electron chi connectivity index (χ0n) is 24.8. The summed E-state index contributed by atoms with van der Waals surface area (Å²) in [5.41, 5.74) is 3.21. The monoisotopic (exact) mass is 773 g/mol. The minimum atomic E-state index is -0.782. The Kier molecular flexibility index (Phi) is 9.62. The lowest BCUT2D eigenvalue weighted by atomic mass is 9.93. The number of esters is 1. The molecule has 0 fully saturated rings. The molecule has 236 valence electrons. The molecule has 6 rings (SSSR count). The van der Waals surface area contributed by atoms with Gasteiger partial charge in [-0.25, -0.2) is 9.79 Å². The standard InChI is InChI=1S/C35H25Br2N3O6S/c1-2-45-34(42)29-30(22-9-5-3-6-10-22)38-35-39(31(29)23-11-7-4-8-12-23)33(41)28(47-35)18-24-17-25(36)19-27(37)32(24)46-20-21-13-15-26(16-14-21)40(43)44/h3-19,31H,2,20H2,1H3/b28-18-/t31-/m0/s1. The number of fused-ring (bicyclic) bond motifs is 1. The zero-order valence-corrected chi connectivity index (χ0v) is 28.8. The van der Waals surface area contributed by atoms with Crippen molar-refractivity contribution in [1.82, 2.24) is 4.57 Å². The summed E-state index contributed by atoms with van der Waals surface area (Å²) in [5, 5.41) is 11.1. The van der Waals surface area contributed by atoms with Crippen LogP contribution in [0, 0.1) is 10.1 Å². The van der Waals surface area contributed by atoms with E-state index in [1.54, 1.807) is 29.7 Å². The van der Waals surface area contributed by atoms with E-state index in [4.69, 9.17) is 14.5 Å². The molecule has 4 aromatic carbocycles. The van der Waals surface area contributed by atoms with Crippen LogP contribution >= 0.6 is 43.2 Å². The molecule has 9 nitrogen and oxygen atoms in total. The second-order valence-corrected chi connectivity index (χ2v) is 13.1. The number of ether oxygens (including phenoxy) is 2. The molecule has 1 aliphatic heterocycles. The van der Waals surface area contributed by atoms with Gasteiger partial charge in [0.2, 0.25) is 0 Å². The summed E-state index contributed by atoms with van der Waals surface area (Å²) in [4.78, 5) is 43.9. The topological polar surface area (TPSA) is 113 Å². The number of benzene rings is 4. The highest BCUT2D eigenvalue weighted by Crippen LogP contribution is 2.36. The molecule has 2 heterocycles. The molecule has 0 N–H and O–H groups in total. The van der Waals surface area contributed by atoms with E-state index >= 15 is 0 Å². The number of non-ortho nitro benzene ring substituents is 1. The lowest BCUT2D eigenvalue weighted by Gasteiger charge is -2.25. The number of nitrogens with zero attached hydrogens (tertiary/aromatic N) is 3. The third-order valence-electron chi connectivity index (χ3n) is 7.34. The highest BCUT2D eigenvalue weighted by atomic mass is 79.9. The fourth-order valence-electron chi connectivity index (χ4n) is 5.24. The fourth-order valence-corrected chi connectivity index (χ4v) is 7.61. The first-order valence-electron chi connectivity index (χ1n) is 14.4. The van der Waals surface area contributed by atoms with Gasteiger partial charge >= 0.3 is 5.97 Å². The van der Waals surface area contributed by atoms with Crippen molar-refractivity contribution in [2.75, 3.05) is 6.61 Å². The van der Waals surface area contributed by atoms with Crippen molar-refractivity contribution in [2.45, 2.75) is 19.6 Å². The maximum atomic E-state index is 14.3. The number of carbonyl (C=O) groups is 1. The largest absolute Gasteiger partial charge is 0.487 e. The molecule has 47 heavy (non-hydrogen) atoms. The van der Waals surface area contributed by atoms with Crippen molar-refractivity contribution in [1.29, 1.82) is 0 Å². The molecule has 0 radical (unpaired) electrons. The second kappa shape index (κ2) is 14.0. The number of aromatic nitrogens is 1. The first-order chi connectivity index (χ1) is 22.7. The number of halogens is 2. The molecular weight excluding hydrogens is 750 g/mol. The highest BCUT2D eigenvalue weighted by molar-refractivity contribution is 9.11. The van der Waals surface area contributed by atoms with E-state index in [-0.39, 0.29) is 30.0 Å². The Hall–Kier alpha value is -4.65. The maximum Gasteiger partial charge on any atom is 0.338 e. The van der Waals surface area contributed by atoms with Crippen molar-refractivity contribution < 1.29 is 19.2 Å². The number of carbonyl (C=O) groups excluding carboxylic acids is 1. The summed E-state index contributed by atoms with van der Waals surface area (Å²) in [6.07, 6.45) is 1.74. The first kappa shape index (κ1) is 32.3. The Morgan fingerprint density at radius 2 is 1.70 bits per heavy atom. The van der Waals surface area contributed by atoms with Crippen LogP contribution in [0.3, 0.4) is 0 Å². The number of hydrogen-bond donors (Lipinski definition) is 0. The fraction of sp³-hybridized carbons (Fsp3) is 0.114. The van der Waals surface area contributed by atoms with Gasteiger partial charge in [0.05, 0.1) is 37.8 Å². The van der Waals surface area contributed by atoms with Crippen molar-refractivity contribution in [3.05, 3.63) is 164 Å². The smallest absolute Gasteiger partial charge is 0.338 e. The van der Waals surface area contributed by atoms with Crippen LogP contribution in [0.2, 0.25) is 0 Å². The van der Waals surface area contributed by atoms with E-state index in [0.29, 0.717) is 30.8 Å². The van der Waals surface area contributed by atoms with Crippen LogP contribution in [-0.4, -0.2) is 22.1 Å². The van der Waals surface area contributed by atoms with E-state index in [1.165, 1.54) is 23.5 Å². The normalized spacial score (nSPS) is 14.4. The SMILES string of the molecule is CCOC(=O)C1=C(c2ccccc2)N=c2s/c(=C\c3cc(Br)cc(Br)c3OCc3ccc([N+](=O)[O-])cc3)c(=O)n2[C@H]1c1ccccc1. The molecular formula is C35H25Br2N3O6S. The van der Waals surface area contributed by atoms with Gasteiger partial charge < -0.3 is 9.47 Å². The van der Waals surface area contributed by atoms with Gasteiger partial charge in [0.1, 0.15) is 12.4 Å². The molecule has 0 saturated carbocycles. The average molecular weight is 775 g/mol. The minimum absolute atomic E-state index is 0.00928. The van der Waals surface area contributed by atoms with Crippen LogP contribution in [-0.2, 0) is 16.1 Å². The molecule has 1 aromatic heterocycles. The van der Waals surface area contributed by atoms with E-state index in [0.717, 1.165) is 21.2 Å². The van der Waals surface area contributed by atoms with Crippen molar-refractivity contribution in [2.24, 2.45) is 4.99 Å². The van der Waals surface area contributed by atoms with Gasteiger partial charge in [-0.3, -0.25) is 19.5 Å². The highest BCUT2D eigenvalue weighted by Gasteiger charge is 2.35. The average Bonchev–Trinajstić information content (AvgIpc) is 3.38. The molecule has 1 aliphatic rings. The molecule has 0 aliphatic carbocycles. The molecule has 0 saturated heterocycles. The van der Waals surface area contributed by atoms with Crippen LogP contribution in [0.15, 0.2) is 121 Å². The molecule has 0 spiro atoms. The third kappa shape index (κ3) is 6.76. The summed E-state index contributed by atoms with van der Waals surface area (Å²) in [6.45, 7) is 2.04. The van der Waals surface area contributed by atoms with Gasteiger partial charge in [-0.2, -0.15) is 0 Å². The molecule has 0 amide bonds. The molecule has 12 heteroatoms. The summed E-state index contributed by atoms with van der Waals surface area (Å²) in [7, 11) is 0. The summed E-state index contributed by atoms with van der Waals surface area (Å²) in [5.74, 6) is -0.0646. The number of nitro benzene ring substituents is 1. The Morgan fingerprint density at radius 3 is 2.36 bits per heavy atom. The van der Waals surface area contributed by atoms with Gasteiger partial charge in [-0.15, -0.1) is 0 Å². The van der Waals surface area contributed by atoms with Gasteiger partial charge in [0.15, 0.2) is 4.80 Å². The number of nitro groups is 1. The van der Waals surface area contributed by atoms with Crippen molar-refractivity contribution >= 4 is 66.6 Å². The number of hydrogen-bond acceptors (Lipinski definition) is 8. The summed E-state index contributed by atoms with van der Waals surface area (Å²) < 4.78 is 15.1. The number of rotatable bonds is 9. The van der Waals surface area contributed by atoms with E-state index in [1.807, 2.05) is 72.8 Å². The predicted molar refractivity (Wildman–Crippen MR) is 187 cm³/mol. The molecule has 0 unspecified atom stereocenters.